The maximum absolute atomic E-state index is 11.9. The molecule has 2 heterocycles. The molecule has 0 radical (unpaired) electrons. The Kier molecular flexibility index (Phi) is 5.24. The van der Waals surface area contributed by atoms with Crippen LogP contribution < -0.4 is 4.74 Å². The van der Waals surface area contributed by atoms with E-state index in [9.17, 15) is 4.79 Å². The SMILES string of the molecule is COc1ccc(-c2noc(COC(=O)CSc3nc4ccccc4o3)n2)cc1. The summed E-state index contributed by atoms with van der Waals surface area (Å²) in [6, 6.07) is 14.6. The second-order valence-corrected chi connectivity index (χ2v) is 6.56. The fourth-order valence-electron chi connectivity index (χ4n) is 2.39. The van der Waals surface area contributed by atoms with Crippen LogP contribution in [0.3, 0.4) is 0 Å². The highest BCUT2D eigenvalue weighted by Crippen LogP contribution is 2.23. The quantitative estimate of drug-likeness (QED) is 0.341. The minimum atomic E-state index is -0.434. The van der Waals surface area contributed by atoms with Crippen molar-refractivity contribution >= 4 is 28.8 Å². The van der Waals surface area contributed by atoms with E-state index < -0.39 is 5.97 Å². The van der Waals surface area contributed by atoms with Gasteiger partial charge in [0.25, 0.3) is 11.1 Å². The molecular weight excluding hydrogens is 382 g/mol. The number of nitrogens with zero attached hydrogens (tertiary/aromatic N) is 3. The molecule has 0 bridgehead atoms. The maximum Gasteiger partial charge on any atom is 0.316 e. The van der Waals surface area contributed by atoms with Crippen LogP contribution in [0.1, 0.15) is 5.89 Å². The van der Waals surface area contributed by atoms with Crippen molar-refractivity contribution in [1.82, 2.24) is 15.1 Å². The molecule has 0 saturated heterocycles. The lowest BCUT2D eigenvalue weighted by Gasteiger charge is -2.00. The van der Waals surface area contributed by atoms with Crippen LogP contribution in [-0.2, 0) is 16.1 Å². The summed E-state index contributed by atoms with van der Waals surface area (Å²) in [4.78, 5) is 20.4. The Morgan fingerprint density at radius 1 is 1.11 bits per heavy atom. The van der Waals surface area contributed by atoms with Crippen LogP contribution in [0.2, 0.25) is 0 Å². The van der Waals surface area contributed by atoms with Crippen molar-refractivity contribution in [3.8, 4) is 17.1 Å². The predicted molar refractivity (Wildman–Crippen MR) is 101 cm³/mol. The first-order valence-electron chi connectivity index (χ1n) is 8.32. The van der Waals surface area contributed by atoms with Gasteiger partial charge < -0.3 is 18.4 Å². The van der Waals surface area contributed by atoms with E-state index in [1.165, 1.54) is 0 Å². The average molecular weight is 397 g/mol. The minimum absolute atomic E-state index is 0.0618. The molecule has 0 amide bonds. The summed E-state index contributed by atoms with van der Waals surface area (Å²) >= 11 is 1.16. The summed E-state index contributed by atoms with van der Waals surface area (Å²) < 4.78 is 20.9. The molecule has 0 N–H and O–H groups in total. The number of methoxy groups -OCH3 is 1. The molecule has 0 atom stereocenters. The van der Waals surface area contributed by atoms with Crippen LogP contribution >= 0.6 is 11.8 Å². The number of rotatable bonds is 7. The molecule has 0 aliphatic carbocycles. The predicted octanol–water partition coefficient (Wildman–Crippen LogP) is 3.72. The lowest BCUT2D eigenvalue weighted by atomic mass is 10.2. The number of hydrogen-bond acceptors (Lipinski definition) is 9. The van der Waals surface area contributed by atoms with Gasteiger partial charge in [-0.15, -0.1) is 0 Å². The molecule has 2 aromatic heterocycles. The van der Waals surface area contributed by atoms with Crippen molar-refractivity contribution in [2.45, 2.75) is 11.8 Å². The second-order valence-electron chi connectivity index (χ2n) is 5.64. The van der Waals surface area contributed by atoms with Crippen molar-refractivity contribution in [2.24, 2.45) is 0 Å². The number of ether oxygens (including phenoxy) is 2. The van der Waals surface area contributed by atoms with Crippen molar-refractivity contribution in [2.75, 3.05) is 12.9 Å². The van der Waals surface area contributed by atoms with Crippen LogP contribution in [0.5, 0.6) is 5.75 Å². The van der Waals surface area contributed by atoms with Crippen molar-refractivity contribution in [3.05, 3.63) is 54.4 Å². The van der Waals surface area contributed by atoms with Gasteiger partial charge in [0.05, 0.1) is 7.11 Å². The fourth-order valence-corrected chi connectivity index (χ4v) is 3.02. The van der Waals surface area contributed by atoms with Crippen molar-refractivity contribution in [3.63, 3.8) is 0 Å². The Bertz CT molecular complexity index is 1060. The molecule has 0 aliphatic heterocycles. The number of aromatic nitrogens is 3. The van der Waals surface area contributed by atoms with Gasteiger partial charge in [0.2, 0.25) is 5.82 Å². The number of carbonyl (C=O) groups is 1. The highest BCUT2D eigenvalue weighted by molar-refractivity contribution is 7.99. The minimum Gasteiger partial charge on any atom is -0.497 e. The zero-order valence-corrected chi connectivity index (χ0v) is 15.6. The molecule has 0 aliphatic rings. The summed E-state index contributed by atoms with van der Waals surface area (Å²) in [5.41, 5.74) is 2.19. The Morgan fingerprint density at radius 2 is 1.93 bits per heavy atom. The molecular formula is C19H15N3O5S. The number of hydrogen-bond donors (Lipinski definition) is 0. The van der Waals surface area contributed by atoms with Crippen LogP contribution in [0, 0.1) is 0 Å². The third-order valence-corrected chi connectivity index (χ3v) is 4.56. The molecule has 4 aromatic rings. The van der Waals surface area contributed by atoms with E-state index in [0.717, 1.165) is 28.6 Å². The molecule has 0 fully saturated rings. The summed E-state index contributed by atoms with van der Waals surface area (Å²) in [6.45, 7) is -0.101. The summed E-state index contributed by atoms with van der Waals surface area (Å²) in [7, 11) is 1.60. The topological polar surface area (TPSA) is 100 Å². The largest absolute Gasteiger partial charge is 0.497 e. The molecule has 2 aromatic carbocycles. The Labute approximate surface area is 163 Å². The lowest BCUT2D eigenvalue weighted by molar-refractivity contribution is -0.142. The second kappa shape index (κ2) is 8.13. The number of carbonyl (C=O) groups excluding carboxylic acids is 1. The van der Waals surface area contributed by atoms with E-state index in [-0.39, 0.29) is 18.3 Å². The third-order valence-electron chi connectivity index (χ3n) is 3.76. The maximum atomic E-state index is 11.9. The normalized spacial score (nSPS) is 10.9. The van der Waals surface area contributed by atoms with E-state index in [4.69, 9.17) is 18.4 Å². The summed E-state index contributed by atoms with van der Waals surface area (Å²) in [5.74, 6) is 0.988. The first-order valence-corrected chi connectivity index (χ1v) is 9.31. The van der Waals surface area contributed by atoms with Gasteiger partial charge in [-0.2, -0.15) is 4.98 Å². The Balaban J connectivity index is 1.29. The van der Waals surface area contributed by atoms with E-state index in [1.54, 1.807) is 19.2 Å². The molecule has 9 heteroatoms. The number of fused-ring (bicyclic) bond motifs is 1. The van der Waals surface area contributed by atoms with E-state index >= 15 is 0 Å². The zero-order valence-electron chi connectivity index (χ0n) is 14.8. The Morgan fingerprint density at radius 3 is 2.71 bits per heavy atom. The highest BCUT2D eigenvalue weighted by atomic mass is 32.2. The van der Waals surface area contributed by atoms with Gasteiger partial charge in [-0.25, -0.2) is 4.98 Å². The molecule has 28 heavy (non-hydrogen) atoms. The molecule has 4 rings (SSSR count). The zero-order chi connectivity index (χ0) is 19.3. The monoisotopic (exact) mass is 397 g/mol. The third kappa shape index (κ3) is 4.15. The van der Waals surface area contributed by atoms with Crippen LogP contribution in [0.25, 0.3) is 22.5 Å². The van der Waals surface area contributed by atoms with Gasteiger partial charge in [-0.3, -0.25) is 4.79 Å². The van der Waals surface area contributed by atoms with Crippen LogP contribution in [0.15, 0.2) is 62.7 Å². The van der Waals surface area contributed by atoms with Gasteiger partial charge in [-0.05, 0) is 36.4 Å². The van der Waals surface area contributed by atoms with Crippen molar-refractivity contribution in [1.29, 1.82) is 0 Å². The molecule has 0 spiro atoms. The Hall–Kier alpha value is -3.33. The van der Waals surface area contributed by atoms with Crippen LogP contribution in [0.4, 0.5) is 0 Å². The van der Waals surface area contributed by atoms with Crippen molar-refractivity contribution < 1.29 is 23.2 Å². The standard InChI is InChI=1S/C19H15N3O5S/c1-24-13-8-6-12(7-9-13)18-21-16(27-22-18)10-25-17(23)11-28-19-20-14-4-2-3-5-15(14)26-19/h2-9H,10-11H2,1H3. The van der Waals surface area contributed by atoms with Gasteiger partial charge in [0, 0.05) is 5.56 Å². The first-order chi connectivity index (χ1) is 13.7. The summed E-state index contributed by atoms with van der Waals surface area (Å²) in [5, 5.41) is 4.30. The van der Waals surface area contributed by atoms with E-state index in [1.807, 2.05) is 36.4 Å². The molecule has 142 valence electrons. The van der Waals surface area contributed by atoms with Gasteiger partial charge in [0.1, 0.15) is 17.0 Å². The molecule has 8 nitrogen and oxygen atoms in total. The highest BCUT2D eigenvalue weighted by Gasteiger charge is 2.13. The number of thioether (sulfide) groups is 1. The molecule has 0 unspecified atom stereocenters. The van der Waals surface area contributed by atoms with Gasteiger partial charge in [0.15, 0.2) is 12.2 Å². The number of oxazole rings is 1. The smallest absolute Gasteiger partial charge is 0.316 e. The van der Waals surface area contributed by atoms with Gasteiger partial charge >= 0.3 is 5.97 Å². The summed E-state index contributed by atoms with van der Waals surface area (Å²) in [6.07, 6.45) is 0. The molecule has 0 saturated carbocycles. The average Bonchev–Trinajstić information content (AvgIpc) is 3.37. The van der Waals surface area contributed by atoms with Crippen LogP contribution in [-0.4, -0.2) is 34.0 Å². The van der Waals surface area contributed by atoms with E-state index in [0.29, 0.717) is 16.6 Å². The number of para-hydroxylation sites is 2. The number of benzene rings is 2. The first kappa shape index (κ1) is 18.1. The fraction of sp³-hybridized carbons (Fsp3) is 0.158. The number of esters is 1. The van der Waals surface area contributed by atoms with Gasteiger partial charge in [-0.1, -0.05) is 29.1 Å². The van der Waals surface area contributed by atoms with E-state index in [2.05, 4.69) is 15.1 Å². The lowest BCUT2D eigenvalue weighted by Crippen LogP contribution is -2.07.